The quantitative estimate of drug-likeness (QED) is 0.402. The number of nitro benzene ring substituents is 1. The van der Waals surface area contributed by atoms with Crippen LogP contribution >= 0.6 is 0 Å². The van der Waals surface area contributed by atoms with Crippen molar-refractivity contribution in [3.8, 4) is 0 Å². The van der Waals surface area contributed by atoms with Gasteiger partial charge in [-0.15, -0.1) is 0 Å². The Labute approximate surface area is 114 Å². The molecule has 0 amide bonds. The van der Waals surface area contributed by atoms with Crippen LogP contribution < -0.4 is 10.6 Å². The van der Waals surface area contributed by atoms with Crippen LogP contribution in [0, 0.1) is 10.1 Å². The molecule has 0 aliphatic heterocycles. The first-order valence-corrected chi connectivity index (χ1v) is 6.95. The third kappa shape index (κ3) is 4.77. The summed E-state index contributed by atoms with van der Waals surface area (Å²) < 4.78 is 0. The first-order valence-electron chi connectivity index (χ1n) is 6.95. The average molecular weight is 265 g/mol. The molecule has 0 aliphatic rings. The molecule has 1 aromatic carbocycles. The van der Waals surface area contributed by atoms with Crippen LogP contribution in [0.3, 0.4) is 0 Å². The number of para-hydroxylation sites is 1. The average Bonchev–Trinajstić information content (AvgIpc) is 2.38. The van der Waals surface area contributed by atoms with Crippen molar-refractivity contribution in [2.75, 3.05) is 23.7 Å². The molecule has 19 heavy (non-hydrogen) atoms. The van der Waals surface area contributed by atoms with Crippen molar-refractivity contribution in [3.05, 3.63) is 28.3 Å². The summed E-state index contributed by atoms with van der Waals surface area (Å²) in [5.41, 5.74) is 1.31. The lowest BCUT2D eigenvalue weighted by molar-refractivity contribution is -0.383. The third-order valence-electron chi connectivity index (χ3n) is 2.93. The number of unbranched alkanes of at least 4 members (excludes halogenated alkanes) is 3. The topological polar surface area (TPSA) is 67.2 Å². The monoisotopic (exact) mass is 265 g/mol. The second kappa shape index (κ2) is 8.34. The Hall–Kier alpha value is -1.78. The summed E-state index contributed by atoms with van der Waals surface area (Å²) in [5, 5.41) is 17.4. The molecular formula is C14H23N3O2. The normalized spacial score (nSPS) is 10.2. The Morgan fingerprint density at radius 3 is 2.37 bits per heavy atom. The number of hydrogen-bond donors (Lipinski definition) is 2. The highest BCUT2D eigenvalue weighted by Crippen LogP contribution is 2.32. The van der Waals surface area contributed by atoms with Gasteiger partial charge in [-0.2, -0.15) is 0 Å². The van der Waals surface area contributed by atoms with Crippen molar-refractivity contribution in [2.45, 2.75) is 39.5 Å². The first-order chi connectivity index (χ1) is 9.20. The highest BCUT2D eigenvalue weighted by molar-refractivity contribution is 5.76. The van der Waals surface area contributed by atoms with Crippen LogP contribution in [0.25, 0.3) is 0 Å². The number of nitro groups is 1. The number of hydrogen-bond acceptors (Lipinski definition) is 4. The summed E-state index contributed by atoms with van der Waals surface area (Å²) in [5.74, 6) is 0. The standard InChI is InChI=1S/C14H23N3O2/c1-3-5-6-7-11-16-13-10-8-9-12(15-4-2)14(13)17(18)19/h8-10,15-16H,3-7,11H2,1-2H3. The fraction of sp³-hybridized carbons (Fsp3) is 0.571. The largest absolute Gasteiger partial charge is 0.380 e. The second-order valence-electron chi connectivity index (χ2n) is 4.48. The summed E-state index contributed by atoms with van der Waals surface area (Å²) in [7, 11) is 0. The fourth-order valence-corrected chi connectivity index (χ4v) is 1.99. The van der Waals surface area contributed by atoms with Gasteiger partial charge in [-0.3, -0.25) is 10.1 Å². The van der Waals surface area contributed by atoms with Crippen LogP contribution in [0.1, 0.15) is 39.5 Å². The van der Waals surface area contributed by atoms with Gasteiger partial charge in [0.1, 0.15) is 11.4 Å². The van der Waals surface area contributed by atoms with Crippen molar-refractivity contribution in [2.24, 2.45) is 0 Å². The lowest BCUT2D eigenvalue weighted by atomic mass is 10.2. The van der Waals surface area contributed by atoms with Gasteiger partial charge < -0.3 is 10.6 Å². The molecule has 0 atom stereocenters. The minimum Gasteiger partial charge on any atom is -0.380 e. The Kier molecular flexibility index (Phi) is 6.71. The molecule has 0 saturated carbocycles. The predicted octanol–water partition coefficient (Wildman–Crippen LogP) is 4.02. The smallest absolute Gasteiger partial charge is 0.315 e. The number of nitrogens with zero attached hydrogens (tertiary/aromatic N) is 1. The molecule has 5 nitrogen and oxygen atoms in total. The second-order valence-corrected chi connectivity index (χ2v) is 4.48. The van der Waals surface area contributed by atoms with Crippen molar-refractivity contribution in [3.63, 3.8) is 0 Å². The summed E-state index contributed by atoms with van der Waals surface area (Å²) in [4.78, 5) is 10.9. The van der Waals surface area contributed by atoms with E-state index in [1.807, 2.05) is 13.0 Å². The van der Waals surface area contributed by atoms with Gasteiger partial charge in [0.05, 0.1) is 4.92 Å². The minimum atomic E-state index is -0.327. The Balaban J connectivity index is 2.70. The van der Waals surface area contributed by atoms with Crippen LogP contribution in [0.2, 0.25) is 0 Å². The van der Waals surface area contributed by atoms with Crippen molar-refractivity contribution in [1.82, 2.24) is 0 Å². The number of benzene rings is 1. The van der Waals surface area contributed by atoms with E-state index >= 15 is 0 Å². The van der Waals surface area contributed by atoms with Gasteiger partial charge in [0.25, 0.3) is 0 Å². The van der Waals surface area contributed by atoms with E-state index in [1.165, 1.54) is 12.8 Å². The zero-order valence-corrected chi connectivity index (χ0v) is 11.7. The summed E-state index contributed by atoms with van der Waals surface area (Å²) in [6, 6.07) is 5.34. The molecule has 0 radical (unpaired) electrons. The van der Waals surface area contributed by atoms with Gasteiger partial charge in [-0.1, -0.05) is 32.3 Å². The van der Waals surface area contributed by atoms with Gasteiger partial charge in [0.15, 0.2) is 0 Å². The minimum absolute atomic E-state index is 0.139. The van der Waals surface area contributed by atoms with E-state index < -0.39 is 0 Å². The van der Waals surface area contributed by atoms with Gasteiger partial charge in [0, 0.05) is 13.1 Å². The number of nitrogens with one attached hydrogen (secondary N) is 2. The third-order valence-corrected chi connectivity index (χ3v) is 2.93. The van der Waals surface area contributed by atoms with Crippen LogP contribution in [-0.2, 0) is 0 Å². The maximum absolute atomic E-state index is 11.2. The number of anilines is 2. The molecule has 0 saturated heterocycles. The first kappa shape index (κ1) is 15.3. The molecule has 106 valence electrons. The van der Waals surface area contributed by atoms with Crippen molar-refractivity contribution >= 4 is 17.1 Å². The van der Waals surface area contributed by atoms with E-state index in [0.717, 1.165) is 19.4 Å². The Morgan fingerprint density at radius 2 is 1.79 bits per heavy atom. The molecule has 0 fully saturated rings. The molecule has 5 heteroatoms. The maximum Gasteiger partial charge on any atom is 0.315 e. The van der Waals surface area contributed by atoms with E-state index in [4.69, 9.17) is 0 Å². The van der Waals surface area contributed by atoms with E-state index in [1.54, 1.807) is 12.1 Å². The molecule has 0 aromatic heterocycles. The van der Waals surface area contributed by atoms with Gasteiger partial charge in [-0.05, 0) is 25.5 Å². The van der Waals surface area contributed by atoms with E-state index in [2.05, 4.69) is 17.6 Å². The predicted molar refractivity (Wildman–Crippen MR) is 79.9 cm³/mol. The maximum atomic E-state index is 11.2. The molecule has 2 N–H and O–H groups in total. The zero-order valence-electron chi connectivity index (χ0n) is 11.7. The Bertz CT molecular complexity index is 408. The summed E-state index contributed by atoms with van der Waals surface area (Å²) in [6.45, 7) is 5.53. The van der Waals surface area contributed by atoms with E-state index in [-0.39, 0.29) is 10.6 Å². The van der Waals surface area contributed by atoms with E-state index in [9.17, 15) is 10.1 Å². The molecule has 0 aliphatic carbocycles. The van der Waals surface area contributed by atoms with Crippen LogP contribution in [0.4, 0.5) is 17.1 Å². The van der Waals surface area contributed by atoms with Gasteiger partial charge in [0.2, 0.25) is 0 Å². The fourth-order valence-electron chi connectivity index (χ4n) is 1.99. The van der Waals surface area contributed by atoms with Gasteiger partial charge >= 0.3 is 5.69 Å². The number of rotatable bonds is 9. The highest BCUT2D eigenvalue weighted by atomic mass is 16.6. The summed E-state index contributed by atoms with van der Waals surface area (Å²) in [6.07, 6.45) is 4.60. The highest BCUT2D eigenvalue weighted by Gasteiger charge is 2.18. The SMILES string of the molecule is CCCCCCNc1cccc(NCC)c1[N+](=O)[O-]. The molecule has 1 aromatic rings. The van der Waals surface area contributed by atoms with Crippen LogP contribution in [0.5, 0.6) is 0 Å². The van der Waals surface area contributed by atoms with Crippen LogP contribution in [0.15, 0.2) is 18.2 Å². The van der Waals surface area contributed by atoms with Gasteiger partial charge in [-0.25, -0.2) is 0 Å². The summed E-state index contributed by atoms with van der Waals surface area (Å²) >= 11 is 0. The lowest BCUT2D eigenvalue weighted by Crippen LogP contribution is -2.07. The molecule has 1 rings (SSSR count). The zero-order chi connectivity index (χ0) is 14.1. The van der Waals surface area contributed by atoms with Crippen molar-refractivity contribution < 1.29 is 4.92 Å². The molecular weight excluding hydrogens is 242 g/mol. The van der Waals surface area contributed by atoms with Crippen LogP contribution in [-0.4, -0.2) is 18.0 Å². The van der Waals surface area contributed by atoms with E-state index in [0.29, 0.717) is 17.9 Å². The lowest BCUT2D eigenvalue weighted by Gasteiger charge is -2.10. The molecule has 0 heterocycles. The molecule has 0 spiro atoms. The molecule has 0 bridgehead atoms. The molecule has 0 unspecified atom stereocenters. The Morgan fingerprint density at radius 1 is 1.11 bits per heavy atom. The van der Waals surface area contributed by atoms with Crippen molar-refractivity contribution in [1.29, 1.82) is 0 Å².